The minimum atomic E-state index is -1.49. The first-order chi connectivity index (χ1) is 15.3. The summed E-state index contributed by atoms with van der Waals surface area (Å²) >= 11 is 0. The number of carbonyl (C=O) groups is 3. The third kappa shape index (κ3) is 5.06. The summed E-state index contributed by atoms with van der Waals surface area (Å²) in [5, 5.41) is 23.2. The van der Waals surface area contributed by atoms with Gasteiger partial charge in [-0.15, -0.1) is 0 Å². The molecule has 0 bridgehead atoms. The summed E-state index contributed by atoms with van der Waals surface area (Å²) in [4.78, 5) is 35.6. The van der Waals surface area contributed by atoms with Crippen molar-refractivity contribution in [2.75, 3.05) is 20.3 Å². The van der Waals surface area contributed by atoms with Crippen molar-refractivity contribution in [3.63, 3.8) is 0 Å². The molecule has 0 radical (unpaired) electrons. The normalized spacial score (nSPS) is 15.1. The Bertz CT molecular complexity index is 946. The molecule has 1 aliphatic rings. The average molecular weight is 442 g/mol. The molecule has 9 heteroatoms. The summed E-state index contributed by atoms with van der Waals surface area (Å²) in [7, 11) is 1.25. The number of carbonyl (C=O) groups excluding carboxylic acids is 2. The van der Waals surface area contributed by atoms with Crippen LogP contribution in [-0.2, 0) is 19.1 Å². The molecule has 0 aromatic heterocycles. The maximum Gasteiger partial charge on any atom is 0.407 e. The van der Waals surface area contributed by atoms with Gasteiger partial charge < -0.3 is 30.3 Å². The quantitative estimate of drug-likeness (QED) is 0.462. The predicted molar refractivity (Wildman–Crippen MR) is 115 cm³/mol. The molecule has 170 valence electrons. The molecule has 2 aromatic carbocycles. The first kappa shape index (κ1) is 23.2. The third-order valence-corrected chi connectivity index (χ3v) is 5.40. The van der Waals surface area contributed by atoms with Gasteiger partial charge in [-0.05, 0) is 29.2 Å². The zero-order chi connectivity index (χ0) is 23.3. The highest BCUT2D eigenvalue weighted by Gasteiger charge is 2.30. The van der Waals surface area contributed by atoms with E-state index in [1.165, 1.54) is 14.0 Å². The molecule has 0 spiro atoms. The minimum absolute atomic E-state index is 0.1000. The number of hydrogen-bond donors (Lipinski definition) is 4. The van der Waals surface area contributed by atoms with Crippen LogP contribution in [0, 0.1) is 0 Å². The molecule has 0 saturated carbocycles. The maximum absolute atomic E-state index is 12.3. The largest absolute Gasteiger partial charge is 0.480 e. The van der Waals surface area contributed by atoms with E-state index in [2.05, 4.69) is 10.6 Å². The second-order valence-electron chi connectivity index (χ2n) is 7.50. The zero-order valence-electron chi connectivity index (χ0n) is 17.8. The second-order valence-corrected chi connectivity index (χ2v) is 7.50. The smallest absolute Gasteiger partial charge is 0.407 e. The van der Waals surface area contributed by atoms with Crippen molar-refractivity contribution in [2.45, 2.75) is 31.1 Å². The van der Waals surface area contributed by atoms with Gasteiger partial charge in [0.25, 0.3) is 5.91 Å². The predicted octanol–water partition coefficient (Wildman–Crippen LogP) is 1.49. The van der Waals surface area contributed by atoms with Gasteiger partial charge in [-0.2, -0.15) is 0 Å². The molecule has 9 nitrogen and oxygen atoms in total. The summed E-state index contributed by atoms with van der Waals surface area (Å²) in [5.74, 6) is -2.26. The van der Waals surface area contributed by atoms with Crippen LogP contribution in [0.5, 0.6) is 0 Å². The number of ether oxygens (including phenoxy) is 2. The average Bonchev–Trinajstić information content (AvgIpc) is 3.09. The molecule has 2 amide bonds. The molecule has 0 aliphatic heterocycles. The van der Waals surface area contributed by atoms with Gasteiger partial charge in [-0.1, -0.05) is 48.5 Å². The van der Waals surface area contributed by atoms with Crippen molar-refractivity contribution in [1.82, 2.24) is 10.6 Å². The van der Waals surface area contributed by atoms with Crippen LogP contribution in [0.3, 0.4) is 0 Å². The summed E-state index contributed by atoms with van der Waals surface area (Å²) in [6, 6.07) is 14.4. The number of amides is 2. The number of aliphatic hydroxyl groups excluding tert-OH is 1. The number of alkyl carbamates (subject to hydrolysis) is 1. The molecule has 1 unspecified atom stereocenters. The number of aliphatic carboxylic acids is 1. The number of hydrogen-bond acceptors (Lipinski definition) is 6. The van der Waals surface area contributed by atoms with E-state index < -0.39 is 36.2 Å². The lowest BCUT2D eigenvalue weighted by atomic mass is 9.98. The van der Waals surface area contributed by atoms with Gasteiger partial charge in [-0.25, -0.2) is 9.59 Å². The van der Waals surface area contributed by atoms with Gasteiger partial charge in [0.1, 0.15) is 6.61 Å². The molecule has 0 heterocycles. The van der Waals surface area contributed by atoms with E-state index in [0.717, 1.165) is 22.3 Å². The zero-order valence-corrected chi connectivity index (χ0v) is 17.8. The van der Waals surface area contributed by atoms with Crippen LogP contribution in [0.4, 0.5) is 4.79 Å². The van der Waals surface area contributed by atoms with Crippen molar-refractivity contribution in [1.29, 1.82) is 0 Å². The highest BCUT2D eigenvalue weighted by molar-refractivity contribution is 5.87. The molecule has 3 atom stereocenters. The van der Waals surface area contributed by atoms with Gasteiger partial charge in [0.15, 0.2) is 12.1 Å². The fourth-order valence-corrected chi connectivity index (χ4v) is 3.74. The summed E-state index contributed by atoms with van der Waals surface area (Å²) in [5.41, 5.74) is 4.38. The van der Waals surface area contributed by atoms with Crippen molar-refractivity contribution in [3.8, 4) is 11.1 Å². The standard InChI is InChI=1S/C23H26N2O7/c1-13(26)20(22(28)29)25-21(27)19(31-2)11-24-23(30)32-12-18-16-9-5-3-7-14(16)15-8-4-6-10-17(15)18/h3-10,13,18-20,26H,11-12H2,1-2H3,(H,24,30)(H,25,27)(H,28,29)/t13-,19?,20+/m1/s1. The number of methoxy groups -OCH3 is 1. The lowest BCUT2D eigenvalue weighted by Gasteiger charge is -2.21. The Hall–Kier alpha value is -3.43. The number of nitrogens with one attached hydrogen (secondary N) is 2. The number of carboxylic acid groups (broad SMARTS) is 1. The van der Waals surface area contributed by atoms with Crippen LogP contribution in [0.25, 0.3) is 11.1 Å². The van der Waals surface area contributed by atoms with Crippen molar-refractivity contribution < 1.29 is 34.1 Å². The number of carboxylic acids is 1. The SMILES string of the molecule is COC(CNC(=O)OCC1c2ccccc2-c2ccccc21)C(=O)N[C@H](C(=O)O)[C@@H](C)O. The Morgan fingerprint density at radius 3 is 2.09 bits per heavy atom. The number of rotatable bonds is 9. The van der Waals surface area contributed by atoms with Crippen molar-refractivity contribution in [2.24, 2.45) is 0 Å². The van der Waals surface area contributed by atoms with Gasteiger partial charge >= 0.3 is 12.1 Å². The molecular weight excluding hydrogens is 416 g/mol. The van der Waals surface area contributed by atoms with E-state index in [1.807, 2.05) is 48.5 Å². The van der Waals surface area contributed by atoms with E-state index in [1.54, 1.807) is 0 Å². The third-order valence-electron chi connectivity index (χ3n) is 5.40. The molecule has 3 rings (SSSR count). The molecule has 0 fully saturated rings. The van der Waals surface area contributed by atoms with E-state index >= 15 is 0 Å². The Balaban J connectivity index is 1.56. The molecule has 4 N–H and O–H groups in total. The Morgan fingerprint density at radius 1 is 1.03 bits per heavy atom. The summed E-state index contributed by atoms with van der Waals surface area (Å²) < 4.78 is 10.4. The van der Waals surface area contributed by atoms with E-state index in [4.69, 9.17) is 14.6 Å². The maximum atomic E-state index is 12.3. The lowest BCUT2D eigenvalue weighted by molar-refractivity contribution is -0.146. The van der Waals surface area contributed by atoms with E-state index in [9.17, 15) is 19.5 Å². The summed E-state index contributed by atoms with van der Waals surface area (Å²) in [6.45, 7) is 1.13. The molecule has 0 saturated heterocycles. The van der Waals surface area contributed by atoms with Crippen LogP contribution < -0.4 is 10.6 Å². The first-order valence-corrected chi connectivity index (χ1v) is 10.2. The van der Waals surface area contributed by atoms with Gasteiger partial charge in [0.2, 0.25) is 0 Å². The number of benzene rings is 2. The van der Waals surface area contributed by atoms with Crippen LogP contribution in [0.2, 0.25) is 0 Å². The van der Waals surface area contributed by atoms with Gasteiger partial charge in [-0.3, -0.25) is 4.79 Å². The molecule has 2 aromatic rings. The lowest BCUT2D eigenvalue weighted by Crippen LogP contribution is -2.53. The first-order valence-electron chi connectivity index (χ1n) is 10.2. The molecule has 1 aliphatic carbocycles. The topological polar surface area (TPSA) is 134 Å². The monoisotopic (exact) mass is 442 g/mol. The van der Waals surface area contributed by atoms with Crippen LogP contribution >= 0.6 is 0 Å². The van der Waals surface area contributed by atoms with Crippen LogP contribution in [0.1, 0.15) is 24.0 Å². The Labute approximate surface area is 185 Å². The minimum Gasteiger partial charge on any atom is -0.480 e. The number of aliphatic hydroxyl groups is 1. The second kappa shape index (κ2) is 10.3. The molecular formula is C23H26N2O7. The van der Waals surface area contributed by atoms with E-state index in [0.29, 0.717) is 0 Å². The Morgan fingerprint density at radius 2 is 1.59 bits per heavy atom. The van der Waals surface area contributed by atoms with Crippen LogP contribution in [-0.4, -0.2) is 66.7 Å². The van der Waals surface area contributed by atoms with E-state index in [-0.39, 0.29) is 19.1 Å². The van der Waals surface area contributed by atoms with Crippen molar-refractivity contribution in [3.05, 3.63) is 59.7 Å². The highest BCUT2D eigenvalue weighted by atomic mass is 16.5. The van der Waals surface area contributed by atoms with Gasteiger partial charge in [0, 0.05) is 13.0 Å². The molecule has 32 heavy (non-hydrogen) atoms. The van der Waals surface area contributed by atoms with Crippen LogP contribution in [0.15, 0.2) is 48.5 Å². The fourth-order valence-electron chi connectivity index (χ4n) is 3.74. The summed E-state index contributed by atoms with van der Waals surface area (Å²) in [6.07, 6.45) is -3.19. The number of fused-ring (bicyclic) bond motifs is 3. The fraction of sp³-hybridized carbons (Fsp3) is 0.348. The Kier molecular flexibility index (Phi) is 7.45. The van der Waals surface area contributed by atoms with Crippen molar-refractivity contribution >= 4 is 18.0 Å². The highest BCUT2D eigenvalue weighted by Crippen LogP contribution is 2.44. The van der Waals surface area contributed by atoms with Gasteiger partial charge in [0.05, 0.1) is 12.6 Å².